The molecule has 3 rings (SSSR count). The molecule has 0 spiro atoms. The van der Waals surface area contributed by atoms with Crippen molar-refractivity contribution in [3.63, 3.8) is 0 Å². The number of carbonyl (C=O) groups excluding carboxylic acids is 2. The Morgan fingerprint density at radius 1 is 1.06 bits per heavy atom. The largest absolute Gasteiger partial charge is 0.497 e. The molecule has 1 fully saturated rings. The highest BCUT2D eigenvalue weighted by atomic mass is 79.9. The van der Waals surface area contributed by atoms with Crippen molar-refractivity contribution in [2.45, 2.75) is 51.5 Å². The number of carbonyl (C=O) groups is 2. The number of hydrogen-bond donors (Lipinski definition) is 3. The molecular weight excluding hydrogens is 482 g/mol. The minimum Gasteiger partial charge on any atom is -0.497 e. The summed E-state index contributed by atoms with van der Waals surface area (Å²) >= 11 is 3.49. The van der Waals surface area contributed by atoms with Gasteiger partial charge in [-0.1, -0.05) is 54.1 Å². The van der Waals surface area contributed by atoms with Gasteiger partial charge in [0.25, 0.3) is 5.91 Å². The summed E-state index contributed by atoms with van der Waals surface area (Å²) in [6, 6.07) is 12.6. The van der Waals surface area contributed by atoms with E-state index in [9.17, 15) is 9.59 Å². The second-order valence-corrected chi connectivity index (χ2v) is 9.53. The number of anilines is 1. The van der Waals surface area contributed by atoms with Crippen molar-refractivity contribution in [3.05, 3.63) is 58.1 Å². The maximum atomic E-state index is 13.0. The Labute approximate surface area is 205 Å². The normalized spacial score (nSPS) is 14.9. The fraction of sp³-hybridized carbons (Fsp3) is 0.462. The second-order valence-electron chi connectivity index (χ2n) is 8.68. The van der Waals surface area contributed by atoms with Gasteiger partial charge in [0.15, 0.2) is 0 Å². The molecule has 0 bridgehead atoms. The second kappa shape index (κ2) is 12.6. The molecule has 0 heterocycles. The van der Waals surface area contributed by atoms with Crippen LogP contribution in [-0.4, -0.2) is 38.1 Å². The molecule has 0 radical (unpaired) electrons. The molecule has 1 aliphatic rings. The molecule has 6 nitrogen and oxygen atoms in total. The molecule has 0 saturated heterocycles. The first-order valence-corrected chi connectivity index (χ1v) is 12.5. The van der Waals surface area contributed by atoms with Crippen LogP contribution in [0.5, 0.6) is 5.75 Å². The number of amides is 2. The molecule has 1 aliphatic carbocycles. The first-order valence-electron chi connectivity index (χ1n) is 11.7. The van der Waals surface area contributed by atoms with Gasteiger partial charge in [-0.2, -0.15) is 0 Å². The summed E-state index contributed by atoms with van der Waals surface area (Å²) < 4.78 is 6.05. The van der Waals surface area contributed by atoms with Gasteiger partial charge in [-0.3, -0.25) is 9.59 Å². The SMILES string of the molecule is COc1ccc(NCCNC(=O)[C@H](CC2CCCCC2)NC(=O)c2ccc(C)c(Br)c2)cc1. The lowest BCUT2D eigenvalue weighted by Gasteiger charge is -2.26. The summed E-state index contributed by atoms with van der Waals surface area (Å²) in [6.45, 7) is 3.04. The monoisotopic (exact) mass is 515 g/mol. The van der Waals surface area contributed by atoms with E-state index in [0.29, 0.717) is 31.0 Å². The van der Waals surface area contributed by atoms with E-state index in [0.717, 1.165) is 34.3 Å². The number of halogens is 1. The smallest absolute Gasteiger partial charge is 0.251 e. The molecule has 1 saturated carbocycles. The third-order valence-electron chi connectivity index (χ3n) is 6.19. The molecule has 33 heavy (non-hydrogen) atoms. The predicted octanol–water partition coefficient (Wildman–Crippen LogP) is 5.06. The first-order chi connectivity index (χ1) is 16.0. The van der Waals surface area contributed by atoms with Crippen LogP contribution in [0.25, 0.3) is 0 Å². The molecule has 2 aromatic rings. The quantitative estimate of drug-likeness (QED) is 0.386. The van der Waals surface area contributed by atoms with Gasteiger partial charge < -0.3 is 20.7 Å². The maximum Gasteiger partial charge on any atom is 0.251 e. The molecule has 178 valence electrons. The van der Waals surface area contributed by atoms with Gasteiger partial charge in [-0.05, 0) is 61.2 Å². The number of aryl methyl sites for hydroxylation is 1. The van der Waals surface area contributed by atoms with Gasteiger partial charge >= 0.3 is 0 Å². The number of hydrogen-bond acceptors (Lipinski definition) is 4. The van der Waals surface area contributed by atoms with Crippen molar-refractivity contribution >= 4 is 33.4 Å². The summed E-state index contributed by atoms with van der Waals surface area (Å²) in [5, 5.41) is 9.27. The van der Waals surface area contributed by atoms with Crippen molar-refractivity contribution in [2.24, 2.45) is 5.92 Å². The lowest BCUT2D eigenvalue weighted by atomic mass is 9.84. The van der Waals surface area contributed by atoms with Crippen molar-refractivity contribution in [2.75, 3.05) is 25.5 Å². The van der Waals surface area contributed by atoms with E-state index in [1.807, 2.05) is 37.3 Å². The molecule has 0 aliphatic heterocycles. The molecule has 1 atom stereocenters. The summed E-state index contributed by atoms with van der Waals surface area (Å²) in [5.74, 6) is 0.924. The highest BCUT2D eigenvalue weighted by molar-refractivity contribution is 9.10. The molecule has 2 amide bonds. The van der Waals surface area contributed by atoms with E-state index in [1.54, 1.807) is 19.2 Å². The van der Waals surface area contributed by atoms with Gasteiger partial charge in [0.1, 0.15) is 11.8 Å². The van der Waals surface area contributed by atoms with Crippen LogP contribution in [-0.2, 0) is 4.79 Å². The lowest BCUT2D eigenvalue weighted by Crippen LogP contribution is -2.48. The maximum absolute atomic E-state index is 13.0. The third-order valence-corrected chi connectivity index (χ3v) is 7.05. The zero-order valence-electron chi connectivity index (χ0n) is 19.5. The minimum absolute atomic E-state index is 0.128. The number of rotatable bonds is 10. The van der Waals surface area contributed by atoms with Crippen LogP contribution in [0.2, 0.25) is 0 Å². The summed E-state index contributed by atoms with van der Waals surface area (Å²) in [5.41, 5.74) is 2.57. The Balaban J connectivity index is 1.56. The third kappa shape index (κ3) is 7.77. The molecule has 2 aromatic carbocycles. The van der Waals surface area contributed by atoms with E-state index >= 15 is 0 Å². The Bertz CT molecular complexity index is 927. The van der Waals surface area contributed by atoms with Crippen molar-refractivity contribution in [1.82, 2.24) is 10.6 Å². The van der Waals surface area contributed by atoms with Gasteiger partial charge in [-0.15, -0.1) is 0 Å². The fourth-order valence-corrected chi connectivity index (χ4v) is 4.57. The molecule has 7 heteroatoms. The summed E-state index contributed by atoms with van der Waals surface area (Å²) in [7, 11) is 1.64. The zero-order chi connectivity index (χ0) is 23.6. The Hall–Kier alpha value is -2.54. The van der Waals surface area contributed by atoms with Crippen molar-refractivity contribution in [1.29, 1.82) is 0 Å². The number of methoxy groups -OCH3 is 1. The Morgan fingerprint density at radius 2 is 1.79 bits per heavy atom. The van der Waals surface area contributed by atoms with E-state index in [2.05, 4.69) is 31.9 Å². The molecule has 0 unspecified atom stereocenters. The molecular formula is C26H34BrN3O3. The topological polar surface area (TPSA) is 79.5 Å². The van der Waals surface area contributed by atoms with Gasteiger partial charge in [0, 0.05) is 28.8 Å². The molecule has 3 N–H and O–H groups in total. The van der Waals surface area contributed by atoms with Crippen LogP contribution >= 0.6 is 15.9 Å². The molecule has 0 aromatic heterocycles. The minimum atomic E-state index is -0.540. The first kappa shape index (κ1) is 25.1. The number of nitrogens with one attached hydrogen (secondary N) is 3. The van der Waals surface area contributed by atoms with Crippen LogP contribution in [0.1, 0.15) is 54.4 Å². The fourth-order valence-electron chi connectivity index (χ4n) is 4.19. The van der Waals surface area contributed by atoms with E-state index in [4.69, 9.17) is 4.74 Å². The Kier molecular flexibility index (Phi) is 9.61. The average molecular weight is 516 g/mol. The van der Waals surface area contributed by atoms with Crippen molar-refractivity contribution < 1.29 is 14.3 Å². The Morgan fingerprint density at radius 3 is 2.45 bits per heavy atom. The number of ether oxygens (including phenoxy) is 1. The van der Waals surface area contributed by atoms with Crippen LogP contribution < -0.4 is 20.7 Å². The van der Waals surface area contributed by atoms with Gasteiger partial charge in [0.2, 0.25) is 5.91 Å². The summed E-state index contributed by atoms with van der Waals surface area (Å²) in [4.78, 5) is 25.9. The van der Waals surface area contributed by atoms with Gasteiger partial charge in [0.05, 0.1) is 7.11 Å². The van der Waals surface area contributed by atoms with Crippen LogP contribution in [0.3, 0.4) is 0 Å². The van der Waals surface area contributed by atoms with E-state index < -0.39 is 6.04 Å². The van der Waals surface area contributed by atoms with Crippen LogP contribution in [0, 0.1) is 12.8 Å². The van der Waals surface area contributed by atoms with E-state index in [-0.39, 0.29) is 11.8 Å². The van der Waals surface area contributed by atoms with Crippen LogP contribution in [0.15, 0.2) is 46.9 Å². The summed E-state index contributed by atoms with van der Waals surface area (Å²) in [6.07, 6.45) is 6.57. The highest BCUT2D eigenvalue weighted by Crippen LogP contribution is 2.27. The zero-order valence-corrected chi connectivity index (χ0v) is 21.0. The predicted molar refractivity (Wildman–Crippen MR) is 136 cm³/mol. The highest BCUT2D eigenvalue weighted by Gasteiger charge is 2.26. The lowest BCUT2D eigenvalue weighted by molar-refractivity contribution is -0.123. The van der Waals surface area contributed by atoms with Crippen LogP contribution in [0.4, 0.5) is 5.69 Å². The van der Waals surface area contributed by atoms with Gasteiger partial charge in [-0.25, -0.2) is 0 Å². The standard InChI is InChI=1S/C26H34BrN3O3/c1-18-8-9-20(17-23(18)27)25(31)30-24(16-19-6-4-3-5-7-19)26(32)29-15-14-28-21-10-12-22(33-2)13-11-21/h8-13,17,19,24,28H,3-7,14-16H2,1-2H3,(H,29,32)(H,30,31)/t24-/m0/s1. The van der Waals surface area contributed by atoms with E-state index in [1.165, 1.54) is 19.3 Å². The average Bonchev–Trinajstić information content (AvgIpc) is 2.84. The van der Waals surface area contributed by atoms with Crippen molar-refractivity contribution in [3.8, 4) is 5.75 Å². The number of benzene rings is 2.